The Morgan fingerprint density at radius 1 is 1.45 bits per heavy atom. The van der Waals surface area contributed by atoms with Gasteiger partial charge in [-0.3, -0.25) is 4.68 Å². The van der Waals surface area contributed by atoms with Crippen molar-refractivity contribution in [3.63, 3.8) is 0 Å². The van der Waals surface area contributed by atoms with E-state index in [1.165, 1.54) is 0 Å². The zero-order chi connectivity index (χ0) is 15.5. The van der Waals surface area contributed by atoms with Crippen molar-refractivity contribution in [2.75, 3.05) is 6.54 Å². The van der Waals surface area contributed by atoms with Crippen molar-refractivity contribution in [3.05, 3.63) is 30.1 Å². The van der Waals surface area contributed by atoms with Gasteiger partial charge in [-0.2, -0.15) is 10.2 Å². The predicted molar refractivity (Wildman–Crippen MR) is 82.5 cm³/mol. The zero-order valence-corrected chi connectivity index (χ0v) is 13.2. The second-order valence-corrected chi connectivity index (χ2v) is 6.25. The number of fused-ring (bicyclic) bond motifs is 1. The highest BCUT2D eigenvalue weighted by molar-refractivity contribution is 5.01. The lowest BCUT2D eigenvalue weighted by atomic mass is 10.1. The van der Waals surface area contributed by atoms with Crippen LogP contribution in [0, 0.1) is 0 Å². The fraction of sp³-hybridized carbons (Fsp3) is 0.667. The van der Waals surface area contributed by atoms with Gasteiger partial charge in [0.15, 0.2) is 5.82 Å². The van der Waals surface area contributed by atoms with E-state index in [2.05, 4.69) is 34.3 Å². The number of nitrogens with one attached hydrogen (secondary N) is 1. The smallest absolute Gasteiger partial charge is 0.153 e. The molecule has 0 unspecified atom stereocenters. The molecule has 2 atom stereocenters. The summed E-state index contributed by atoms with van der Waals surface area (Å²) in [5.74, 6) is 2.37. The first-order chi connectivity index (χ1) is 10.6. The number of aliphatic hydroxyl groups is 1. The SMILES string of the molecule is CC(C)c1nc2n(n1)C[C@H](NC[C@H](O)Cn1cccn1)CC2. The van der Waals surface area contributed by atoms with E-state index in [-0.39, 0.29) is 0 Å². The zero-order valence-electron chi connectivity index (χ0n) is 13.2. The standard InChI is InChI=1S/C15H24N6O/c1-11(2)15-18-14-5-4-12(9-21(14)19-15)16-8-13(22)10-20-7-3-6-17-20/h3,6-7,11-13,16,22H,4-5,8-10H2,1-2H3/t12-,13+/m1/s1. The predicted octanol–water partition coefficient (Wildman–Crippen LogP) is 0.563. The average molecular weight is 304 g/mol. The number of aryl methyl sites for hydroxylation is 1. The van der Waals surface area contributed by atoms with Crippen molar-refractivity contribution in [2.24, 2.45) is 0 Å². The average Bonchev–Trinajstić information content (AvgIpc) is 3.13. The Morgan fingerprint density at radius 3 is 3.05 bits per heavy atom. The molecule has 0 bridgehead atoms. The summed E-state index contributed by atoms with van der Waals surface area (Å²) in [4.78, 5) is 4.59. The molecule has 2 aromatic heterocycles. The molecule has 0 saturated carbocycles. The summed E-state index contributed by atoms with van der Waals surface area (Å²) in [6.45, 7) is 6.12. The first-order valence-corrected chi connectivity index (χ1v) is 7.94. The Hall–Kier alpha value is -1.73. The van der Waals surface area contributed by atoms with Gasteiger partial charge in [-0.15, -0.1) is 0 Å². The minimum Gasteiger partial charge on any atom is -0.390 e. The third kappa shape index (κ3) is 3.53. The molecule has 22 heavy (non-hydrogen) atoms. The number of hydrogen-bond donors (Lipinski definition) is 2. The second-order valence-electron chi connectivity index (χ2n) is 6.25. The van der Waals surface area contributed by atoms with Crippen LogP contribution in [0.4, 0.5) is 0 Å². The second kappa shape index (κ2) is 6.58. The van der Waals surface area contributed by atoms with Crippen LogP contribution < -0.4 is 5.32 Å². The molecular formula is C15H24N6O. The fourth-order valence-electron chi connectivity index (χ4n) is 2.73. The van der Waals surface area contributed by atoms with Crippen LogP contribution in [0.25, 0.3) is 0 Å². The molecule has 0 aromatic carbocycles. The summed E-state index contributed by atoms with van der Waals surface area (Å²) in [6, 6.07) is 2.20. The van der Waals surface area contributed by atoms with Crippen LogP contribution >= 0.6 is 0 Å². The van der Waals surface area contributed by atoms with Gasteiger partial charge in [0.05, 0.1) is 19.2 Å². The van der Waals surface area contributed by atoms with Gasteiger partial charge < -0.3 is 10.4 Å². The first-order valence-electron chi connectivity index (χ1n) is 7.94. The normalized spacial score (nSPS) is 19.4. The van der Waals surface area contributed by atoms with Crippen LogP contribution in [-0.4, -0.2) is 48.3 Å². The molecule has 0 radical (unpaired) electrons. The Labute approximate surface area is 130 Å². The Bertz CT molecular complexity index is 591. The van der Waals surface area contributed by atoms with Gasteiger partial charge in [0.25, 0.3) is 0 Å². The van der Waals surface area contributed by atoms with Gasteiger partial charge in [0.2, 0.25) is 0 Å². The van der Waals surface area contributed by atoms with Gasteiger partial charge in [-0.05, 0) is 12.5 Å². The number of aliphatic hydroxyl groups excluding tert-OH is 1. The lowest BCUT2D eigenvalue weighted by Gasteiger charge is -2.24. The van der Waals surface area contributed by atoms with Crippen molar-refractivity contribution >= 4 is 0 Å². The molecule has 120 valence electrons. The van der Waals surface area contributed by atoms with Crippen LogP contribution in [0.2, 0.25) is 0 Å². The highest BCUT2D eigenvalue weighted by Gasteiger charge is 2.22. The van der Waals surface area contributed by atoms with Crippen molar-refractivity contribution in [3.8, 4) is 0 Å². The minimum absolute atomic E-state index is 0.335. The summed E-state index contributed by atoms with van der Waals surface area (Å²) >= 11 is 0. The molecule has 3 rings (SSSR count). The third-order valence-corrected chi connectivity index (χ3v) is 3.99. The van der Waals surface area contributed by atoms with Gasteiger partial charge in [0.1, 0.15) is 5.82 Å². The molecule has 0 saturated heterocycles. The van der Waals surface area contributed by atoms with Gasteiger partial charge in [0, 0.05) is 37.3 Å². The highest BCUT2D eigenvalue weighted by atomic mass is 16.3. The van der Waals surface area contributed by atoms with Crippen molar-refractivity contribution in [1.82, 2.24) is 29.9 Å². The Kier molecular flexibility index (Phi) is 4.54. The van der Waals surface area contributed by atoms with Crippen LogP contribution in [0.1, 0.15) is 37.8 Å². The van der Waals surface area contributed by atoms with E-state index < -0.39 is 6.10 Å². The lowest BCUT2D eigenvalue weighted by molar-refractivity contribution is 0.139. The number of hydrogen-bond acceptors (Lipinski definition) is 5. The maximum Gasteiger partial charge on any atom is 0.153 e. The van der Waals surface area contributed by atoms with Gasteiger partial charge in [-0.25, -0.2) is 9.67 Å². The molecule has 7 nitrogen and oxygen atoms in total. The first kappa shape index (κ1) is 15.2. The molecule has 1 aliphatic heterocycles. The van der Waals surface area contributed by atoms with E-state index >= 15 is 0 Å². The molecule has 0 aliphatic carbocycles. The summed E-state index contributed by atoms with van der Waals surface area (Å²) in [6.07, 6.45) is 5.11. The molecule has 0 spiro atoms. The molecule has 0 amide bonds. The monoisotopic (exact) mass is 304 g/mol. The quantitative estimate of drug-likeness (QED) is 0.815. The highest BCUT2D eigenvalue weighted by Crippen LogP contribution is 2.16. The van der Waals surface area contributed by atoms with Crippen molar-refractivity contribution in [1.29, 1.82) is 0 Å². The third-order valence-electron chi connectivity index (χ3n) is 3.99. The maximum absolute atomic E-state index is 10.1. The van der Waals surface area contributed by atoms with E-state index in [1.54, 1.807) is 10.9 Å². The van der Waals surface area contributed by atoms with Crippen molar-refractivity contribution < 1.29 is 5.11 Å². The fourth-order valence-corrected chi connectivity index (χ4v) is 2.73. The van der Waals surface area contributed by atoms with E-state index in [1.807, 2.05) is 16.9 Å². The van der Waals surface area contributed by atoms with Crippen LogP contribution in [0.15, 0.2) is 18.5 Å². The summed E-state index contributed by atoms with van der Waals surface area (Å²) in [5.41, 5.74) is 0. The summed E-state index contributed by atoms with van der Waals surface area (Å²) < 4.78 is 3.76. The topological polar surface area (TPSA) is 80.8 Å². The maximum atomic E-state index is 10.1. The van der Waals surface area contributed by atoms with Crippen LogP contribution in [0.5, 0.6) is 0 Å². The summed E-state index contributed by atoms with van der Waals surface area (Å²) in [5, 5.41) is 22.2. The molecular weight excluding hydrogens is 280 g/mol. The molecule has 7 heteroatoms. The van der Waals surface area contributed by atoms with Crippen LogP contribution in [-0.2, 0) is 19.5 Å². The Balaban J connectivity index is 1.50. The molecule has 0 fully saturated rings. The van der Waals surface area contributed by atoms with E-state index in [9.17, 15) is 5.11 Å². The molecule has 1 aliphatic rings. The number of aromatic nitrogens is 5. The molecule has 2 N–H and O–H groups in total. The molecule has 3 heterocycles. The van der Waals surface area contributed by atoms with E-state index in [4.69, 9.17) is 0 Å². The Morgan fingerprint density at radius 2 is 2.32 bits per heavy atom. The van der Waals surface area contributed by atoms with Crippen molar-refractivity contribution in [2.45, 2.75) is 57.8 Å². The van der Waals surface area contributed by atoms with E-state index in [0.717, 1.165) is 31.0 Å². The molecule has 2 aromatic rings. The summed E-state index contributed by atoms with van der Waals surface area (Å²) in [7, 11) is 0. The van der Waals surface area contributed by atoms with Gasteiger partial charge in [-0.1, -0.05) is 13.8 Å². The van der Waals surface area contributed by atoms with Crippen LogP contribution in [0.3, 0.4) is 0 Å². The van der Waals surface area contributed by atoms with E-state index in [0.29, 0.717) is 25.0 Å². The largest absolute Gasteiger partial charge is 0.390 e. The van der Waals surface area contributed by atoms with Gasteiger partial charge >= 0.3 is 0 Å². The number of nitrogens with zero attached hydrogens (tertiary/aromatic N) is 5. The minimum atomic E-state index is -0.441. The lowest BCUT2D eigenvalue weighted by Crippen LogP contribution is -2.42. The number of rotatable bonds is 6.